The second kappa shape index (κ2) is 9.15. The third-order valence-electron chi connectivity index (χ3n) is 6.63. The summed E-state index contributed by atoms with van der Waals surface area (Å²) in [4.78, 5) is 42.6. The number of carbonyl (C=O) groups is 2. The number of phenolic OH excluding ortho intramolecular Hbond substituents is 1. The summed E-state index contributed by atoms with van der Waals surface area (Å²) >= 11 is 0. The third kappa shape index (κ3) is 4.11. The number of piperazine rings is 1. The van der Waals surface area contributed by atoms with Gasteiger partial charge in [-0.15, -0.1) is 0 Å². The highest BCUT2D eigenvalue weighted by atomic mass is 19.1. The van der Waals surface area contributed by atoms with Crippen molar-refractivity contribution in [3.05, 3.63) is 63.7 Å². The maximum absolute atomic E-state index is 15.4. The summed E-state index contributed by atoms with van der Waals surface area (Å²) in [5, 5.41) is 9.39. The van der Waals surface area contributed by atoms with Gasteiger partial charge < -0.3 is 24.2 Å². The van der Waals surface area contributed by atoms with Crippen molar-refractivity contribution in [1.82, 2.24) is 20.3 Å². The van der Waals surface area contributed by atoms with Crippen LogP contribution in [0.25, 0.3) is 10.9 Å². The van der Waals surface area contributed by atoms with Crippen molar-refractivity contribution in [2.75, 3.05) is 44.7 Å². The predicted molar refractivity (Wildman–Crippen MR) is 131 cm³/mol. The Morgan fingerprint density at radius 3 is 2.44 bits per heavy atom. The summed E-state index contributed by atoms with van der Waals surface area (Å²) < 4.78 is 23.1. The van der Waals surface area contributed by atoms with Crippen LogP contribution in [0.4, 0.5) is 10.1 Å². The van der Waals surface area contributed by atoms with Crippen molar-refractivity contribution in [3.8, 4) is 11.5 Å². The molecule has 0 saturated carbocycles. The number of nitrogens with zero attached hydrogens (tertiary/aromatic N) is 3. The van der Waals surface area contributed by atoms with Crippen molar-refractivity contribution >= 4 is 28.4 Å². The number of ether oxygens (including phenoxy) is 1. The lowest BCUT2D eigenvalue weighted by Gasteiger charge is -2.37. The zero-order chi connectivity index (χ0) is 25.6. The van der Waals surface area contributed by atoms with Gasteiger partial charge in [-0.2, -0.15) is 0 Å². The van der Waals surface area contributed by atoms with E-state index in [0.717, 1.165) is 13.1 Å². The van der Waals surface area contributed by atoms with Crippen LogP contribution in [0.3, 0.4) is 0 Å². The van der Waals surface area contributed by atoms with Gasteiger partial charge in [0.15, 0.2) is 11.6 Å². The van der Waals surface area contributed by atoms with Crippen molar-refractivity contribution in [1.29, 1.82) is 0 Å². The first-order chi connectivity index (χ1) is 17.2. The van der Waals surface area contributed by atoms with Gasteiger partial charge in [0.05, 0.1) is 16.9 Å². The number of rotatable bonds is 3. The predicted octanol–water partition coefficient (Wildman–Crippen LogP) is 1.63. The highest BCUT2D eigenvalue weighted by Gasteiger charge is 2.31. The fourth-order valence-electron chi connectivity index (χ4n) is 4.56. The summed E-state index contributed by atoms with van der Waals surface area (Å²) in [5.41, 5.74) is 4.57. The summed E-state index contributed by atoms with van der Waals surface area (Å²) in [5.74, 6) is -1.75. The lowest BCUT2D eigenvalue weighted by Crippen LogP contribution is -2.45. The number of benzene rings is 2. The van der Waals surface area contributed by atoms with Gasteiger partial charge in [-0.05, 0) is 44.3 Å². The van der Waals surface area contributed by atoms with Crippen LogP contribution in [0.2, 0.25) is 0 Å². The van der Waals surface area contributed by atoms with Crippen LogP contribution in [0.5, 0.6) is 11.5 Å². The van der Waals surface area contributed by atoms with Gasteiger partial charge in [0.25, 0.3) is 11.8 Å². The highest BCUT2D eigenvalue weighted by Crippen LogP contribution is 2.42. The van der Waals surface area contributed by atoms with Crippen LogP contribution in [-0.2, 0) is 0 Å². The molecule has 1 fully saturated rings. The molecule has 188 valence electrons. The van der Waals surface area contributed by atoms with Crippen LogP contribution in [0, 0.1) is 5.82 Å². The fraction of sp³-hybridized carbons (Fsp3) is 0.320. The SMILES string of the molecule is C[C@H]1COc2c(N3CCN(C)CC3)c(F)cc3c(=O)c(C(=O)NNC(=O)c4ccc(O)cc4)cn1c23. The molecular formula is C25H26FN5O5. The first-order valence-corrected chi connectivity index (χ1v) is 11.6. The topological polar surface area (TPSA) is 116 Å². The van der Waals surface area contributed by atoms with Crippen LogP contribution < -0.4 is 25.9 Å². The van der Waals surface area contributed by atoms with Crippen molar-refractivity contribution < 1.29 is 23.8 Å². The van der Waals surface area contributed by atoms with Gasteiger partial charge in [-0.25, -0.2) is 4.39 Å². The Bertz CT molecular complexity index is 1410. The second-order valence-corrected chi connectivity index (χ2v) is 9.12. The van der Waals surface area contributed by atoms with Crippen molar-refractivity contribution in [3.63, 3.8) is 0 Å². The van der Waals surface area contributed by atoms with Crippen molar-refractivity contribution in [2.45, 2.75) is 13.0 Å². The summed E-state index contributed by atoms with van der Waals surface area (Å²) in [7, 11) is 2.01. The van der Waals surface area contributed by atoms with Gasteiger partial charge >= 0.3 is 0 Å². The summed E-state index contributed by atoms with van der Waals surface area (Å²) in [6.07, 6.45) is 1.43. The molecule has 3 heterocycles. The number of amides is 2. The number of aromatic nitrogens is 1. The van der Waals surface area contributed by atoms with E-state index in [1.165, 1.54) is 36.5 Å². The average molecular weight is 496 g/mol. The van der Waals surface area contributed by atoms with E-state index in [1.54, 1.807) is 4.57 Å². The molecule has 0 aliphatic carbocycles. The number of hydrogen-bond donors (Lipinski definition) is 3. The van der Waals surface area contributed by atoms with E-state index < -0.39 is 23.1 Å². The van der Waals surface area contributed by atoms with Crippen LogP contribution >= 0.6 is 0 Å². The standard InChI is InChI=1S/C25H26FN5O5/c1-14-13-36-23-20-17(11-19(26)21(23)30-9-7-29(2)8-10-30)22(33)18(12-31(14)20)25(35)28-27-24(34)15-3-5-16(32)6-4-15/h3-6,11-12,14,32H,7-10,13H2,1-2H3,(H,27,34)(H,28,35)/t14-/m0/s1. The maximum atomic E-state index is 15.4. The smallest absolute Gasteiger partial charge is 0.275 e. The molecular weight excluding hydrogens is 469 g/mol. The van der Waals surface area contributed by atoms with E-state index in [-0.39, 0.29) is 34.9 Å². The molecule has 11 heteroatoms. The Morgan fingerprint density at radius 1 is 1.08 bits per heavy atom. The molecule has 0 spiro atoms. The first kappa shape index (κ1) is 23.6. The van der Waals surface area contributed by atoms with E-state index in [9.17, 15) is 19.5 Å². The lowest BCUT2D eigenvalue weighted by atomic mass is 10.0. The average Bonchev–Trinajstić information content (AvgIpc) is 2.86. The number of likely N-dealkylation sites (N-methyl/N-ethyl adjacent to an activating group) is 1. The third-order valence-corrected chi connectivity index (χ3v) is 6.63. The number of hydrazine groups is 1. The molecule has 1 aromatic heterocycles. The molecule has 2 aliphatic heterocycles. The number of nitrogens with one attached hydrogen (secondary N) is 2. The molecule has 10 nitrogen and oxygen atoms in total. The Morgan fingerprint density at radius 2 is 1.75 bits per heavy atom. The molecule has 36 heavy (non-hydrogen) atoms. The van der Waals surface area contributed by atoms with Crippen LogP contribution in [0.15, 0.2) is 41.3 Å². The normalized spacial score (nSPS) is 17.5. The molecule has 2 aliphatic rings. The number of anilines is 1. The molecule has 2 amide bonds. The molecule has 5 rings (SSSR count). The van der Waals surface area contributed by atoms with Crippen LogP contribution in [0.1, 0.15) is 33.7 Å². The van der Waals surface area contributed by atoms with Crippen molar-refractivity contribution in [2.24, 2.45) is 0 Å². The monoisotopic (exact) mass is 495 g/mol. The number of carbonyl (C=O) groups excluding carboxylic acids is 2. The summed E-state index contributed by atoms with van der Waals surface area (Å²) in [6.45, 7) is 4.91. The van der Waals surface area contributed by atoms with E-state index >= 15 is 4.39 Å². The molecule has 3 N–H and O–H groups in total. The minimum Gasteiger partial charge on any atom is -0.508 e. The number of aromatic hydroxyl groups is 1. The number of hydrogen-bond acceptors (Lipinski definition) is 7. The highest BCUT2D eigenvalue weighted by molar-refractivity contribution is 6.02. The Balaban J connectivity index is 1.50. The number of halogens is 1. The van der Waals surface area contributed by atoms with E-state index in [2.05, 4.69) is 15.8 Å². The zero-order valence-electron chi connectivity index (χ0n) is 19.9. The number of phenols is 1. The van der Waals surface area contributed by atoms with Gasteiger partial charge in [0.2, 0.25) is 5.43 Å². The largest absolute Gasteiger partial charge is 0.508 e. The van der Waals surface area contributed by atoms with E-state index in [4.69, 9.17) is 4.74 Å². The Hall–Kier alpha value is -4.12. The van der Waals surface area contributed by atoms with E-state index in [1.807, 2.05) is 18.9 Å². The van der Waals surface area contributed by atoms with E-state index in [0.29, 0.717) is 30.0 Å². The summed E-state index contributed by atoms with van der Waals surface area (Å²) in [6, 6.07) is 6.39. The molecule has 1 saturated heterocycles. The molecule has 1 atom stereocenters. The minimum atomic E-state index is -0.832. The lowest BCUT2D eigenvalue weighted by molar-refractivity contribution is 0.0845. The fourth-order valence-corrected chi connectivity index (χ4v) is 4.56. The van der Waals surface area contributed by atoms with Gasteiger partial charge in [-0.1, -0.05) is 0 Å². The molecule has 0 bridgehead atoms. The maximum Gasteiger partial charge on any atom is 0.275 e. The molecule has 3 aromatic rings. The Kier molecular flexibility index (Phi) is 6.00. The Labute approximate surface area is 205 Å². The van der Waals surface area contributed by atoms with Gasteiger partial charge in [0.1, 0.15) is 23.6 Å². The molecule has 0 radical (unpaired) electrons. The minimum absolute atomic E-state index is 0.00535. The second-order valence-electron chi connectivity index (χ2n) is 9.12. The number of pyridine rings is 1. The zero-order valence-corrected chi connectivity index (χ0v) is 19.9. The van der Waals surface area contributed by atoms with Gasteiger partial charge in [-0.3, -0.25) is 25.2 Å². The molecule has 0 unspecified atom stereocenters. The van der Waals surface area contributed by atoms with Gasteiger partial charge in [0, 0.05) is 37.9 Å². The van der Waals surface area contributed by atoms with Crippen LogP contribution in [-0.4, -0.2) is 66.2 Å². The first-order valence-electron chi connectivity index (χ1n) is 11.6. The molecule has 2 aromatic carbocycles. The quantitative estimate of drug-likeness (QED) is 0.473.